The fraction of sp³-hybridized carbons (Fsp3) is 0.318. The Kier molecular flexibility index (Phi) is 12.8. The number of guanidine groups is 1. The number of nitrogens with one attached hydrogen (secondary N) is 2. The number of ether oxygens (including phenoxy) is 1. The number of hydrogen-bond acceptors (Lipinski definition) is 4. The zero-order chi connectivity index (χ0) is 23.1. The molecule has 0 radical (unpaired) electrons. The minimum absolute atomic E-state index is 0.000000000000000222. The van der Waals surface area contributed by atoms with Gasteiger partial charge >= 0.3 is 0 Å². The van der Waals surface area contributed by atoms with Crippen molar-refractivity contribution in [2.24, 2.45) is 22.2 Å². The molecule has 0 heterocycles. The number of anilines is 1. The van der Waals surface area contributed by atoms with Crippen LogP contribution in [0.15, 0.2) is 53.5 Å². The van der Waals surface area contributed by atoms with Crippen molar-refractivity contribution < 1.29 is 4.74 Å². The lowest BCUT2D eigenvalue weighted by Gasteiger charge is -2.15. The highest BCUT2D eigenvalue weighted by atomic mass is 32.1. The summed E-state index contributed by atoms with van der Waals surface area (Å²) in [5.74, 6) is 0.283. The van der Waals surface area contributed by atoms with E-state index < -0.39 is 0 Å². The Morgan fingerprint density at radius 2 is 1.68 bits per heavy atom. The summed E-state index contributed by atoms with van der Waals surface area (Å²) in [6.45, 7) is 5.84. The van der Waals surface area contributed by atoms with Gasteiger partial charge in [-0.2, -0.15) is 0 Å². The quantitative estimate of drug-likeness (QED) is 0.176. The number of hydrogen-bond donors (Lipinski definition) is 5. The number of nitrogens with zero attached hydrogens (tertiary/aromatic N) is 1. The Morgan fingerprint density at radius 3 is 2.32 bits per heavy atom. The van der Waals surface area contributed by atoms with Crippen molar-refractivity contribution >= 4 is 46.3 Å². The number of benzene rings is 2. The van der Waals surface area contributed by atoms with Crippen LogP contribution >= 0.6 is 24.4 Å². The summed E-state index contributed by atoms with van der Waals surface area (Å²) in [5.41, 5.74) is 19.8. The molecule has 0 amide bonds. The normalized spacial score (nSPS) is 10.6. The van der Waals surface area contributed by atoms with Gasteiger partial charge < -0.3 is 32.6 Å². The van der Waals surface area contributed by atoms with Crippen LogP contribution < -0.4 is 27.8 Å². The maximum absolute atomic E-state index is 5.90. The molecular formula is C22H32N6OS2. The molecule has 168 valence electrons. The van der Waals surface area contributed by atoms with Crippen molar-refractivity contribution in [3.05, 3.63) is 65.2 Å². The van der Waals surface area contributed by atoms with E-state index in [2.05, 4.69) is 64.4 Å². The molecule has 9 heteroatoms. The van der Waals surface area contributed by atoms with Crippen LogP contribution in [0.3, 0.4) is 0 Å². The Balaban J connectivity index is 0.00000110. The summed E-state index contributed by atoms with van der Waals surface area (Å²) in [6.07, 6.45) is 1.82. The second-order valence-corrected chi connectivity index (χ2v) is 7.44. The van der Waals surface area contributed by atoms with E-state index in [1.54, 1.807) is 0 Å². The van der Waals surface area contributed by atoms with Crippen LogP contribution in [-0.2, 0) is 17.6 Å². The van der Waals surface area contributed by atoms with Gasteiger partial charge in [0.15, 0.2) is 16.2 Å². The summed E-state index contributed by atoms with van der Waals surface area (Å²) < 4.78 is 5.60. The average molecular weight is 461 g/mol. The smallest absolute Gasteiger partial charge is 0.194 e. The molecule has 0 saturated heterocycles. The van der Waals surface area contributed by atoms with Gasteiger partial charge in [-0.15, -0.1) is 0 Å². The number of para-hydroxylation sites is 1. The maximum atomic E-state index is 5.90. The summed E-state index contributed by atoms with van der Waals surface area (Å²) in [4.78, 5) is 4.25. The molecule has 31 heavy (non-hydrogen) atoms. The number of thiocarbonyl (C=S) groups is 2. The lowest BCUT2D eigenvalue weighted by molar-refractivity contribution is 0.145. The van der Waals surface area contributed by atoms with E-state index in [9.17, 15) is 0 Å². The predicted octanol–water partition coefficient (Wildman–Crippen LogP) is 2.61. The van der Waals surface area contributed by atoms with Crippen molar-refractivity contribution in [2.45, 2.75) is 26.7 Å². The Bertz CT molecular complexity index is 854. The van der Waals surface area contributed by atoms with Gasteiger partial charge in [-0.05, 0) is 60.9 Å². The number of aryl methyl sites for hydroxylation is 2. The SMILES string of the molecule is CCc1cccc(C)c1NC(=S)NC(N)=NCCOCCc1ccccc1.NC(N)=S. The van der Waals surface area contributed by atoms with Crippen LogP contribution in [0.5, 0.6) is 0 Å². The van der Waals surface area contributed by atoms with E-state index in [1.807, 2.05) is 37.3 Å². The average Bonchev–Trinajstić information content (AvgIpc) is 2.72. The number of nitrogens with two attached hydrogens (primary N) is 3. The third kappa shape index (κ3) is 11.9. The van der Waals surface area contributed by atoms with E-state index in [0.717, 1.165) is 24.1 Å². The largest absolute Gasteiger partial charge is 0.379 e. The minimum atomic E-state index is 0.000000000000000222. The van der Waals surface area contributed by atoms with E-state index >= 15 is 0 Å². The van der Waals surface area contributed by atoms with Gasteiger partial charge in [0.2, 0.25) is 0 Å². The maximum Gasteiger partial charge on any atom is 0.194 e. The molecule has 2 aromatic carbocycles. The predicted molar refractivity (Wildman–Crippen MR) is 138 cm³/mol. The lowest BCUT2D eigenvalue weighted by atomic mass is 10.1. The van der Waals surface area contributed by atoms with Crippen molar-refractivity contribution in [2.75, 3.05) is 25.1 Å². The summed E-state index contributed by atoms with van der Waals surface area (Å²) in [6, 6.07) is 16.4. The molecule has 0 aliphatic carbocycles. The van der Waals surface area contributed by atoms with Crippen LogP contribution in [0.2, 0.25) is 0 Å². The molecule has 0 fully saturated rings. The summed E-state index contributed by atoms with van der Waals surface area (Å²) in [7, 11) is 0. The van der Waals surface area contributed by atoms with Crippen LogP contribution in [-0.4, -0.2) is 35.9 Å². The lowest BCUT2D eigenvalue weighted by Crippen LogP contribution is -2.40. The second-order valence-electron chi connectivity index (χ2n) is 6.56. The van der Waals surface area contributed by atoms with Gasteiger partial charge in [-0.25, -0.2) is 0 Å². The van der Waals surface area contributed by atoms with Gasteiger partial charge in [-0.1, -0.05) is 55.5 Å². The van der Waals surface area contributed by atoms with Crippen LogP contribution in [0.1, 0.15) is 23.6 Å². The van der Waals surface area contributed by atoms with E-state index in [0.29, 0.717) is 24.9 Å². The van der Waals surface area contributed by atoms with Gasteiger partial charge in [0.1, 0.15) is 0 Å². The molecule has 2 rings (SSSR count). The second kappa shape index (κ2) is 15.1. The van der Waals surface area contributed by atoms with Gasteiger partial charge in [0.25, 0.3) is 0 Å². The fourth-order valence-electron chi connectivity index (χ4n) is 2.67. The molecule has 0 atom stereocenters. The zero-order valence-electron chi connectivity index (χ0n) is 18.1. The van der Waals surface area contributed by atoms with Gasteiger partial charge in [0.05, 0.1) is 19.8 Å². The molecule has 0 saturated carbocycles. The number of rotatable bonds is 8. The van der Waals surface area contributed by atoms with E-state index in [4.69, 9.17) is 22.7 Å². The zero-order valence-corrected chi connectivity index (χ0v) is 19.7. The monoisotopic (exact) mass is 460 g/mol. The first kappa shape index (κ1) is 26.3. The Labute approximate surface area is 195 Å². The highest BCUT2D eigenvalue weighted by Crippen LogP contribution is 2.20. The molecule has 0 bridgehead atoms. The van der Waals surface area contributed by atoms with Crippen molar-refractivity contribution in [1.29, 1.82) is 0 Å². The van der Waals surface area contributed by atoms with Crippen LogP contribution in [0.4, 0.5) is 5.69 Å². The minimum Gasteiger partial charge on any atom is -0.379 e. The molecule has 0 aliphatic rings. The van der Waals surface area contributed by atoms with Crippen LogP contribution in [0, 0.1) is 6.92 Å². The molecule has 8 N–H and O–H groups in total. The van der Waals surface area contributed by atoms with E-state index in [1.165, 1.54) is 11.1 Å². The molecular weight excluding hydrogens is 428 g/mol. The van der Waals surface area contributed by atoms with Crippen molar-refractivity contribution in [3.8, 4) is 0 Å². The molecule has 0 aliphatic heterocycles. The molecule has 2 aromatic rings. The van der Waals surface area contributed by atoms with Crippen LogP contribution in [0.25, 0.3) is 0 Å². The van der Waals surface area contributed by atoms with E-state index in [-0.39, 0.29) is 11.1 Å². The Morgan fingerprint density at radius 1 is 1.00 bits per heavy atom. The molecule has 7 nitrogen and oxygen atoms in total. The standard InChI is InChI=1S/C21H28N4OS.CH4N2S/c1-3-18-11-7-8-16(2)19(18)24-21(27)25-20(22)23-13-15-26-14-12-17-9-5-4-6-10-17;2-1(3)4/h4-11H,3,12-15H2,1-2H3,(H4,22,23,24,25,27);(H4,2,3,4). The Hall–Kier alpha value is -2.75. The number of aliphatic imine (C=N–C) groups is 1. The first-order chi connectivity index (χ1) is 14.8. The first-order valence-electron chi connectivity index (χ1n) is 9.96. The third-order valence-corrected chi connectivity index (χ3v) is 4.32. The molecule has 0 unspecified atom stereocenters. The van der Waals surface area contributed by atoms with Gasteiger partial charge in [0, 0.05) is 5.69 Å². The van der Waals surface area contributed by atoms with Gasteiger partial charge in [-0.3, -0.25) is 4.99 Å². The molecule has 0 spiro atoms. The first-order valence-corrected chi connectivity index (χ1v) is 10.8. The van der Waals surface area contributed by atoms with Crippen molar-refractivity contribution in [3.63, 3.8) is 0 Å². The topological polar surface area (TPSA) is 124 Å². The summed E-state index contributed by atoms with van der Waals surface area (Å²) >= 11 is 9.43. The van der Waals surface area contributed by atoms with Crippen molar-refractivity contribution in [1.82, 2.24) is 5.32 Å². The highest BCUT2D eigenvalue weighted by molar-refractivity contribution is 7.80. The summed E-state index contributed by atoms with van der Waals surface area (Å²) in [5, 5.41) is 6.57. The fourth-order valence-corrected chi connectivity index (χ4v) is 2.88. The highest BCUT2D eigenvalue weighted by Gasteiger charge is 2.06. The molecule has 0 aromatic heterocycles. The third-order valence-electron chi connectivity index (χ3n) is 4.12.